The van der Waals surface area contributed by atoms with Gasteiger partial charge in [0.15, 0.2) is 0 Å². The first-order valence-electron chi connectivity index (χ1n) is 6.97. The molecule has 0 spiro atoms. The third-order valence-electron chi connectivity index (χ3n) is 3.82. The Hall–Kier alpha value is -1.19. The van der Waals surface area contributed by atoms with Crippen LogP contribution in [0.25, 0.3) is 0 Å². The normalized spacial score (nSPS) is 21.0. The van der Waals surface area contributed by atoms with Crippen LogP contribution in [-0.2, 0) is 6.54 Å². The lowest BCUT2D eigenvalue weighted by molar-refractivity contribution is 0.221. The van der Waals surface area contributed by atoms with Gasteiger partial charge in [-0.3, -0.25) is 15.2 Å². The molecule has 0 aromatic heterocycles. The zero-order chi connectivity index (χ0) is 12.2. The lowest BCUT2D eigenvalue weighted by Gasteiger charge is -2.26. The van der Waals surface area contributed by atoms with Gasteiger partial charge >= 0.3 is 0 Å². The highest BCUT2D eigenvalue weighted by Crippen LogP contribution is 2.14. The van der Waals surface area contributed by atoms with Gasteiger partial charge in [-0.25, -0.2) is 0 Å². The molecule has 1 fully saturated rings. The van der Waals surface area contributed by atoms with Gasteiger partial charge in [0.05, 0.1) is 12.4 Å². The zero-order valence-electron chi connectivity index (χ0n) is 10.9. The predicted molar refractivity (Wildman–Crippen MR) is 75.0 cm³/mol. The summed E-state index contributed by atoms with van der Waals surface area (Å²) in [5.41, 5.74) is 3.88. The second-order valence-electron chi connectivity index (χ2n) is 5.22. The van der Waals surface area contributed by atoms with Gasteiger partial charge in [0.1, 0.15) is 0 Å². The monoisotopic (exact) mass is 243 g/mol. The summed E-state index contributed by atoms with van der Waals surface area (Å²) in [5.74, 6) is 0. The molecule has 0 saturated carbocycles. The molecule has 3 heteroatoms. The van der Waals surface area contributed by atoms with Crippen LogP contribution in [0.1, 0.15) is 30.4 Å². The molecule has 3 nitrogen and oxygen atoms in total. The highest BCUT2D eigenvalue weighted by atomic mass is 15.1. The Labute approximate surface area is 109 Å². The Bertz CT molecular complexity index is 416. The molecular weight excluding hydrogens is 222 g/mol. The molecule has 1 saturated heterocycles. The van der Waals surface area contributed by atoms with E-state index in [1.165, 1.54) is 49.2 Å². The number of nitrogens with one attached hydrogen (secondary N) is 1. The molecular formula is C15H21N3. The first kappa shape index (κ1) is 11.9. The van der Waals surface area contributed by atoms with E-state index in [1.807, 2.05) is 0 Å². The fourth-order valence-electron chi connectivity index (χ4n) is 2.75. The number of nitrogens with zero attached hydrogens (tertiary/aromatic N) is 2. The van der Waals surface area contributed by atoms with Gasteiger partial charge in [-0.1, -0.05) is 30.7 Å². The molecule has 2 aliphatic rings. The van der Waals surface area contributed by atoms with Gasteiger partial charge in [0.2, 0.25) is 0 Å². The zero-order valence-corrected chi connectivity index (χ0v) is 10.9. The average Bonchev–Trinajstić information content (AvgIpc) is 2.95. The molecule has 0 aliphatic carbocycles. The van der Waals surface area contributed by atoms with Gasteiger partial charge in [0, 0.05) is 13.1 Å². The molecule has 0 atom stereocenters. The predicted octanol–water partition coefficient (Wildman–Crippen LogP) is 2.02. The molecule has 96 valence electrons. The van der Waals surface area contributed by atoms with Crippen molar-refractivity contribution in [3.05, 3.63) is 35.4 Å². The lowest BCUT2D eigenvalue weighted by Crippen LogP contribution is -2.29. The molecule has 18 heavy (non-hydrogen) atoms. The van der Waals surface area contributed by atoms with E-state index in [-0.39, 0.29) is 0 Å². The van der Waals surface area contributed by atoms with Crippen molar-refractivity contribution in [1.82, 2.24) is 10.2 Å². The van der Waals surface area contributed by atoms with Crippen molar-refractivity contribution in [2.75, 3.05) is 26.3 Å². The van der Waals surface area contributed by atoms with Crippen molar-refractivity contribution >= 4 is 5.71 Å². The van der Waals surface area contributed by atoms with Crippen LogP contribution < -0.4 is 5.32 Å². The van der Waals surface area contributed by atoms with Gasteiger partial charge in [-0.05, 0) is 37.1 Å². The van der Waals surface area contributed by atoms with Crippen molar-refractivity contribution in [1.29, 1.82) is 0 Å². The highest BCUT2D eigenvalue weighted by molar-refractivity contribution is 6.02. The molecule has 3 rings (SSSR count). The third kappa shape index (κ3) is 2.79. The first-order valence-corrected chi connectivity index (χ1v) is 6.97. The summed E-state index contributed by atoms with van der Waals surface area (Å²) in [4.78, 5) is 7.01. The fourth-order valence-corrected chi connectivity index (χ4v) is 2.75. The van der Waals surface area contributed by atoms with Crippen LogP contribution in [0, 0.1) is 0 Å². The molecule has 0 bridgehead atoms. The molecule has 2 aliphatic heterocycles. The largest absolute Gasteiger partial charge is 0.299 e. The van der Waals surface area contributed by atoms with E-state index in [4.69, 9.17) is 0 Å². The van der Waals surface area contributed by atoms with Crippen LogP contribution in [-0.4, -0.2) is 36.9 Å². The maximum Gasteiger partial charge on any atom is 0.0891 e. The second kappa shape index (κ2) is 5.63. The topological polar surface area (TPSA) is 27.6 Å². The minimum atomic E-state index is 0.769. The summed E-state index contributed by atoms with van der Waals surface area (Å²) in [6.45, 7) is 5.30. The number of aliphatic imine (C=N–C) groups is 1. The molecule has 1 aromatic carbocycles. The molecule has 2 heterocycles. The summed E-state index contributed by atoms with van der Waals surface area (Å²) in [7, 11) is 0. The van der Waals surface area contributed by atoms with Crippen molar-refractivity contribution in [3.8, 4) is 0 Å². The second-order valence-corrected chi connectivity index (χ2v) is 5.22. The van der Waals surface area contributed by atoms with E-state index in [0.717, 1.165) is 19.8 Å². The van der Waals surface area contributed by atoms with E-state index in [1.54, 1.807) is 0 Å². The van der Waals surface area contributed by atoms with Gasteiger partial charge in [0.25, 0.3) is 0 Å². The van der Waals surface area contributed by atoms with E-state index >= 15 is 0 Å². The Morgan fingerprint density at radius 3 is 2.50 bits per heavy atom. The van der Waals surface area contributed by atoms with Crippen molar-refractivity contribution < 1.29 is 0 Å². The number of piperidine rings is 1. The van der Waals surface area contributed by atoms with Crippen LogP contribution >= 0.6 is 0 Å². The Balaban J connectivity index is 1.63. The van der Waals surface area contributed by atoms with Crippen LogP contribution in [0.15, 0.2) is 29.3 Å². The highest BCUT2D eigenvalue weighted by Gasteiger charge is 2.11. The van der Waals surface area contributed by atoms with Crippen LogP contribution in [0.4, 0.5) is 0 Å². The maximum atomic E-state index is 4.45. The molecule has 0 radical (unpaired) electrons. The van der Waals surface area contributed by atoms with Gasteiger partial charge < -0.3 is 0 Å². The summed E-state index contributed by atoms with van der Waals surface area (Å²) in [5, 5.41) is 3.24. The van der Waals surface area contributed by atoms with Crippen LogP contribution in [0.5, 0.6) is 0 Å². The average molecular weight is 243 g/mol. The number of benzene rings is 1. The third-order valence-corrected chi connectivity index (χ3v) is 3.82. The van der Waals surface area contributed by atoms with E-state index in [2.05, 4.69) is 39.5 Å². The van der Waals surface area contributed by atoms with E-state index in [9.17, 15) is 0 Å². The maximum absolute atomic E-state index is 4.45. The fraction of sp³-hybridized carbons (Fsp3) is 0.533. The van der Waals surface area contributed by atoms with Crippen molar-refractivity contribution in [2.24, 2.45) is 4.99 Å². The van der Waals surface area contributed by atoms with Gasteiger partial charge in [-0.2, -0.15) is 0 Å². The number of hydrogen-bond acceptors (Lipinski definition) is 3. The summed E-state index contributed by atoms with van der Waals surface area (Å²) in [6.07, 6.45) is 4.13. The summed E-state index contributed by atoms with van der Waals surface area (Å²) >= 11 is 0. The first-order chi connectivity index (χ1) is 8.92. The van der Waals surface area contributed by atoms with Crippen LogP contribution in [0.3, 0.4) is 0 Å². The quantitative estimate of drug-likeness (QED) is 0.879. The number of likely N-dealkylation sites (tertiary alicyclic amines) is 1. The molecule has 1 N–H and O–H groups in total. The summed E-state index contributed by atoms with van der Waals surface area (Å²) < 4.78 is 0. The smallest absolute Gasteiger partial charge is 0.0891 e. The molecule has 1 aromatic rings. The Morgan fingerprint density at radius 1 is 1.06 bits per heavy atom. The number of hydrogen-bond donors (Lipinski definition) is 1. The Morgan fingerprint density at radius 2 is 1.83 bits per heavy atom. The van der Waals surface area contributed by atoms with Crippen molar-refractivity contribution in [2.45, 2.75) is 25.8 Å². The van der Waals surface area contributed by atoms with E-state index < -0.39 is 0 Å². The molecule has 0 unspecified atom stereocenters. The van der Waals surface area contributed by atoms with E-state index in [0.29, 0.717) is 0 Å². The number of rotatable bonds is 3. The molecule has 0 amide bonds. The Kier molecular flexibility index (Phi) is 3.72. The van der Waals surface area contributed by atoms with Crippen LogP contribution in [0.2, 0.25) is 0 Å². The minimum absolute atomic E-state index is 0.769. The van der Waals surface area contributed by atoms with Gasteiger partial charge in [-0.15, -0.1) is 0 Å². The standard InChI is InChI=1S/C15H21N3/c1-2-8-18(9-3-1)11-13-4-6-14(7-5-13)15-10-16-12-17-15/h4-7,16H,1-3,8-12H2. The van der Waals surface area contributed by atoms with Crippen molar-refractivity contribution in [3.63, 3.8) is 0 Å². The lowest BCUT2D eigenvalue weighted by atomic mass is 10.1. The summed E-state index contributed by atoms with van der Waals surface area (Å²) in [6, 6.07) is 8.94. The minimum Gasteiger partial charge on any atom is -0.299 e. The SMILES string of the molecule is c1cc(C2=NCNC2)ccc1CN1CCCCC1.